The number of para-hydroxylation sites is 2. The molecule has 1 aliphatic rings. The van der Waals surface area contributed by atoms with Crippen molar-refractivity contribution in [1.82, 2.24) is 5.32 Å². The van der Waals surface area contributed by atoms with E-state index in [4.69, 9.17) is 9.15 Å². The summed E-state index contributed by atoms with van der Waals surface area (Å²) in [7, 11) is 0. The Morgan fingerprint density at radius 2 is 2.19 bits per heavy atom. The highest BCUT2D eigenvalue weighted by atomic mass is 16.5. The molecule has 1 fully saturated rings. The molecule has 138 valence electrons. The van der Waals surface area contributed by atoms with Crippen LogP contribution in [0.2, 0.25) is 0 Å². The number of aliphatic hydroxyl groups excluding tert-OH is 1. The predicted molar refractivity (Wildman–Crippen MR) is 94.7 cm³/mol. The first-order chi connectivity index (χ1) is 12.6. The van der Waals surface area contributed by atoms with Crippen molar-refractivity contribution >= 4 is 17.5 Å². The van der Waals surface area contributed by atoms with Crippen LogP contribution >= 0.6 is 0 Å². The fourth-order valence-electron chi connectivity index (χ4n) is 3.00. The van der Waals surface area contributed by atoms with Gasteiger partial charge in [0.25, 0.3) is 0 Å². The van der Waals surface area contributed by atoms with Crippen molar-refractivity contribution in [2.45, 2.75) is 19.4 Å². The van der Waals surface area contributed by atoms with E-state index in [9.17, 15) is 14.7 Å². The van der Waals surface area contributed by atoms with E-state index in [1.54, 1.807) is 23.1 Å². The minimum atomic E-state index is -0.916. The van der Waals surface area contributed by atoms with Gasteiger partial charge in [-0.25, -0.2) is 0 Å². The van der Waals surface area contributed by atoms with Gasteiger partial charge in [0, 0.05) is 13.0 Å². The summed E-state index contributed by atoms with van der Waals surface area (Å²) in [6, 6.07) is 10.6. The molecule has 7 nitrogen and oxygen atoms in total. The lowest BCUT2D eigenvalue weighted by molar-refractivity contribution is -0.126. The third kappa shape index (κ3) is 3.88. The van der Waals surface area contributed by atoms with Gasteiger partial charge in [0.15, 0.2) is 0 Å². The summed E-state index contributed by atoms with van der Waals surface area (Å²) in [6.07, 6.45) is 0.674. The molecule has 0 radical (unpaired) electrons. The van der Waals surface area contributed by atoms with Crippen molar-refractivity contribution in [3.8, 4) is 5.75 Å². The van der Waals surface area contributed by atoms with Crippen molar-refractivity contribution in [3.05, 3.63) is 48.4 Å². The highest BCUT2D eigenvalue weighted by Crippen LogP contribution is 2.33. The third-order valence-corrected chi connectivity index (χ3v) is 4.29. The van der Waals surface area contributed by atoms with Crippen molar-refractivity contribution in [2.75, 3.05) is 24.6 Å². The van der Waals surface area contributed by atoms with Crippen molar-refractivity contribution in [3.63, 3.8) is 0 Å². The van der Waals surface area contributed by atoms with Gasteiger partial charge in [0.1, 0.15) is 17.6 Å². The van der Waals surface area contributed by atoms with Crippen LogP contribution in [0.4, 0.5) is 5.69 Å². The number of furan rings is 1. The highest BCUT2D eigenvalue weighted by molar-refractivity contribution is 6.01. The van der Waals surface area contributed by atoms with Crippen LogP contribution < -0.4 is 15.0 Å². The summed E-state index contributed by atoms with van der Waals surface area (Å²) in [5.74, 6) is 0.155. The number of hydrogen-bond donors (Lipinski definition) is 2. The van der Waals surface area contributed by atoms with Gasteiger partial charge in [0.2, 0.25) is 11.8 Å². The molecule has 2 unspecified atom stereocenters. The van der Waals surface area contributed by atoms with Gasteiger partial charge in [-0.1, -0.05) is 12.1 Å². The largest absolute Gasteiger partial charge is 0.492 e. The maximum absolute atomic E-state index is 12.4. The number of hydrogen-bond acceptors (Lipinski definition) is 5. The van der Waals surface area contributed by atoms with Crippen molar-refractivity contribution < 1.29 is 23.8 Å². The van der Waals surface area contributed by atoms with Crippen LogP contribution in [0.15, 0.2) is 47.1 Å². The number of anilines is 1. The van der Waals surface area contributed by atoms with Crippen LogP contribution in [0.3, 0.4) is 0 Å². The third-order valence-electron chi connectivity index (χ3n) is 4.29. The molecular formula is C19H22N2O5. The van der Waals surface area contributed by atoms with Crippen molar-refractivity contribution in [2.24, 2.45) is 5.92 Å². The molecular weight excluding hydrogens is 336 g/mol. The number of nitrogens with one attached hydrogen (secondary N) is 1. The van der Waals surface area contributed by atoms with Crippen LogP contribution in [0, 0.1) is 5.92 Å². The fourth-order valence-corrected chi connectivity index (χ4v) is 3.00. The molecule has 2 aromatic rings. The van der Waals surface area contributed by atoms with Crippen molar-refractivity contribution in [1.29, 1.82) is 0 Å². The van der Waals surface area contributed by atoms with Gasteiger partial charge in [0.05, 0.1) is 31.0 Å². The number of carbonyl (C=O) groups excluding carboxylic acids is 2. The number of ether oxygens (including phenoxy) is 1. The molecule has 3 rings (SSSR count). The molecule has 2 heterocycles. The maximum Gasteiger partial charge on any atom is 0.227 e. The summed E-state index contributed by atoms with van der Waals surface area (Å²) in [6.45, 7) is 2.69. The topological polar surface area (TPSA) is 92.0 Å². The first-order valence-corrected chi connectivity index (χ1v) is 8.61. The number of carbonyl (C=O) groups is 2. The van der Waals surface area contributed by atoms with Gasteiger partial charge in [-0.15, -0.1) is 0 Å². The summed E-state index contributed by atoms with van der Waals surface area (Å²) in [5.41, 5.74) is 0.672. The summed E-state index contributed by atoms with van der Waals surface area (Å²) >= 11 is 0. The Bertz CT molecular complexity index is 759. The van der Waals surface area contributed by atoms with E-state index in [1.165, 1.54) is 6.26 Å². The minimum absolute atomic E-state index is 0.0343. The summed E-state index contributed by atoms with van der Waals surface area (Å²) in [5, 5.41) is 12.7. The number of benzene rings is 1. The lowest BCUT2D eigenvalue weighted by Crippen LogP contribution is -2.35. The van der Waals surface area contributed by atoms with Crippen LogP contribution in [0.5, 0.6) is 5.75 Å². The van der Waals surface area contributed by atoms with E-state index >= 15 is 0 Å². The van der Waals surface area contributed by atoms with Crippen LogP contribution in [-0.2, 0) is 9.59 Å². The van der Waals surface area contributed by atoms with E-state index in [0.29, 0.717) is 23.8 Å². The zero-order valence-electron chi connectivity index (χ0n) is 14.6. The average molecular weight is 358 g/mol. The second-order valence-electron chi connectivity index (χ2n) is 6.08. The van der Waals surface area contributed by atoms with Gasteiger partial charge in [-0.3, -0.25) is 9.59 Å². The Morgan fingerprint density at radius 1 is 1.38 bits per heavy atom. The fraction of sp³-hybridized carbons (Fsp3) is 0.368. The standard InChI is InChI=1S/C19H22N2O5/c1-2-25-16-7-4-3-6-14(16)21-12-13(10-18(21)23)19(24)20-11-15(22)17-8-5-9-26-17/h3-9,13,15,22H,2,10-12H2,1H3,(H,20,24). The Kier molecular flexibility index (Phi) is 5.58. The number of aliphatic hydroxyl groups is 1. The Labute approximate surface area is 151 Å². The summed E-state index contributed by atoms with van der Waals surface area (Å²) < 4.78 is 10.7. The van der Waals surface area contributed by atoms with E-state index in [1.807, 2.05) is 25.1 Å². The molecule has 1 aromatic heterocycles. The zero-order chi connectivity index (χ0) is 18.5. The number of nitrogens with zero attached hydrogens (tertiary/aromatic N) is 1. The zero-order valence-corrected chi connectivity index (χ0v) is 14.6. The molecule has 1 saturated heterocycles. The molecule has 26 heavy (non-hydrogen) atoms. The normalized spacial score (nSPS) is 18.0. The summed E-state index contributed by atoms with van der Waals surface area (Å²) in [4.78, 5) is 26.4. The van der Waals surface area contributed by atoms with Gasteiger partial charge >= 0.3 is 0 Å². The van der Waals surface area contributed by atoms with Crippen LogP contribution in [0.25, 0.3) is 0 Å². The highest BCUT2D eigenvalue weighted by Gasteiger charge is 2.36. The van der Waals surface area contributed by atoms with Gasteiger partial charge < -0.3 is 24.5 Å². The lowest BCUT2D eigenvalue weighted by atomic mass is 10.1. The molecule has 1 aromatic carbocycles. The lowest BCUT2D eigenvalue weighted by Gasteiger charge is -2.20. The van der Waals surface area contributed by atoms with E-state index in [0.717, 1.165) is 0 Å². The molecule has 0 aliphatic carbocycles. The average Bonchev–Trinajstić information content (AvgIpc) is 3.30. The second-order valence-corrected chi connectivity index (χ2v) is 6.08. The monoisotopic (exact) mass is 358 g/mol. The molecule has 2 atom stereocenters. The number of amides is 2. The van der Waals surface area contributed by atoms with Crippen LogP contribution in [0.1, 0.15) is 25.2 Å². The Balaban J connectivity index is 1.61. The maximum atomic E-state index is 12.4. The second kappa shape index (κ2) is 8.05. The van der Waals surface area contributed by atoms with Gasteiger partial charge in [-0.05, 0) is 31.2 Å². The van der Waals surface area contributed by atoms with E-state index in [-0.39, 0.29) is 31.3 Å². The molecule has 0 bridgehead atoms. The molecule has 0 saturated carbocycles. The minimum Gasteiger partial charge on any atom is -0.492 e. The number of rotatable bonds is 7. The van der Waals surface area contributed by atoms with E-state index < -0.39 is 12.0 Å². The SMILES string of the molecule is CCOc1ccccc1N1CC(C(=O)NCC(O)c2ccco2)CC1=O. The Hall–Kier alpha value is -2.80. The van der Waals surface area contributed by atoms with Gasteiger partial charge in [-0.2, -0.15) is 0 Å². The van der Waals surface area contributed by atoms with E-state index in [2.05, 4.69) is 5.32 Å². The molecule has 7 heteroatoms. The molecule has 1 aliphatic heterocycles. The molecule has 2 amide bonds. The Morgan fingerprint density at radius 3 is 2.92 bits per heavy atom. The van der Waals surface area contributed by atoms with Crippen LogP contribution in [-0.4, -0.2) is 36.6 Å². The first kappa shape index (κ1) is 18.0. The smallest absolute Gasteiger partial charge is 0.227 e. The first-order valence-electron chi connectivity index (χ1n) is 8.61. The molecule has 2 N–H and O–H groups in total. The quantitative estimate of drug-likeness (QED) is 0.788. The molecule has 0 spiro atoms. The predicted octanol–water partition coefficient (Wildman–Crippen LogP) is 1.88.